The first kappa shape index (κ1) is 14.1. The summed E-state index contributed by atoms with van der Waals surface area (Å²) in [5.41, 5.74) is 12.7. The van der Waals surface area contributed by atoms with Crippen LogP contribution in [0.3, 0.4) is 0 Å². The lowest BCUT2D eigenvalue weighted by molar-refractivity contribution is -0.121. The molecule has 1 saturated heterocycles. The van der Waals surface area contributed by atoms with Crippen molar-refractivity contribution < 1.29 is 19.1 Å². The van der Waals surface area contributed by atoms with E-state index in [-0.39, 0.29) is 6.61 Å². The monoisotopic (exact) mass is 279 g/mol. The third-order valence-corrected chi connectivity index (χ3v) is 3.22. The predicted molar refractivity (Wildman–Crippen MR) is 73.3 cm³/mol. The fourth-order valence-corrected chi connectivity index (χ4v) is 2.16. The third kappa shape index (κ3) is 2.67. The summed E-state index contributed by atoms with van der Waals surface area (Å²) in [4.78, 5) is 24.8. The molecule has 1 amide bonds. The number of anilines is 2. The molecule has 0 aromatic heterocycles. The maximum atomic E-state index is 11.6. The SMILES string of the molecule is COC(=O)c1ccc(N)c(N2CCOCC2C(N)=O)c1. The summed E-state index contributed by atoms with van der Waals surface area (Å²) in [5, 5.41) is 0. The van der Waals surface area contributed by atoms with Crippen LogP contribution in [-0.2, 0) is 14.3 Å². The molecule has 1 unspecified atom stereocenters. The van der Waals surface area contributed by atoms with Gasteiger partial charge in [0.25, 0.3) is 0 Å². The lowest BCUT2D eigenvalue weighted by atomic mass is 10.1. The van der Waals surface area contributed by atoms with E-state index in [1.165, 1.54) is 7.11 Å². The van der Waals surface area contributed by atoms with E-state index < -0.39 is 17.9 Å². The molecule has 1 fully saturated rings. The van der Waals surface area contributed by atoms with E-state index in [4.69, 9.17) is 16.2 Å². The van der Waals surface area contributed by atoms with Gasteiger partial charge in [-0.2, -0.15) is 0 Å². The predicted octanol–water partition coefficient (Wildman–Crippen LogP) is -0.254. The van der Waals surface area contributed by atoms with Gasteiger partial charge >= 0.3 is 5.97 Å². The van der Waals surface area contributed by atoms with Gasteiger partial charge in [0.05, 0.1) is 37.3 Å². The van der Waals surface area contributed by atoms with Crippen LogP contribution in [0.15, 0.2) is 18.2 Å². The maximum Gasteiger partial charge on any atom is 0.337 e. The molecular weight excluding hydrogens is 262 g/mol. The number of esters is 1. The minimum absolute atomic E-state index is 0.206. The molecule has 1 aliphatic rings. The van der Waals surface area contributed by atoms with Gasteiger partial charge in [-0.25, -0.2) is 4.79 Å². The molecule has 0 aliphatic carbocycles. The first-order chi connectivity index (χ1) is 9.54. The number of ether oxygens (including phenoxy) is 2. The van der Waals surface area contributed by atoms with Crippen LogP contribution in [0.4, 0.5) is 11.4 Å². The normalized spacial score (nSPS) is 18.6. The summed E-state index contributed by atoms with van der Waals surface area (Å²) < 4.78 is 9.94. The molecule has 1 heterocycles. The number of primary amides is 1. The molecule has 1 aliphatic heterocycles. The van der Waals surface area contributed by atoms with E-state index in [1.54, 1.807) is 23.1 Å². The van der Waals surface area contributed by atoms with Gasteiger partial charge in [0.2, 0.25) is 5.91 Å². The molecule has 7 nitrogen and oxygen atoms in total. The number of nitrogens with two attached hydrogens (primary N) is 2. The molecule has 4 N–H and O–H groups in total. The largest absolute Gasteiger partial charge is 0.465 e. The average molecular weight is 279 g/mol. The maximum absolute atomic E-state index is 11.6. The number of benzene rings is 1. The lowest BCUT2D eigenvalue weighted by Crippen LogP contribution is -2.52. The van der Waals surface area contributed by atoms with E-state index in [0.29, 0.717) is 30.1 Å². The minimum Gasteiger partial charge on any atom is -0.465 e. The Morgan fingerprint density at radius 2 is 2.20 bits per heavy atom. The number of methoxy groups -OCH3 is 1. The van der Waals surface area contributed by atoms with E-state index in [0.717, 1.165) is 0 Å². The summed E-state index contributed by atoms with van der Waals surface area (Å²) in [6.07, 6.45) is 0. The number of morpholine rings is 1. The van der Waals surface area contributed by atoms with Crippen LogP contribution >= 0.6 is 0 Å². The van der Waals surface area contributed by atoms with E-state index in [9.17, 15) is 9.59 Å². The zero-order chi connectivity index (χ0) is 14.7. The molecule has 108 valence electrons. The number of rotatable bonds is 3. The molecule has 1 atom stereocenters. The first-order valence-electron chi connectivity index (χ1n) is 6.16. The number of carbonyl (C=O) groups is 2. The summed E-state index contributed by atoms with van der Waals surface area (Å²) in [5.74, 6) is -0.956. The second-order valence-electron chi connectivity index (χ2n) is 4.45. The number of hydrogen-bond donors (Lipinski definition) is 2. The van der Waals surface area contributed by atoms with Gasteiger partial charge in [-0.05, 0) is 18.2 Å². The number of carbonyl (C=O) groups excluding carboxylic acids is 2. The van der Waals surface area contributed by atoms with Crippen LogP contribution in [0, 0.1) is 0 Å². The van der Waals surface area contributed by atoms with Crippen molar-refractivity contribution in [3.05, 3.63) is 23.8 Å². The standard InChI is InChI=1S/C13H17N3O4/c1-19-13(18)8-2-3-9(14)10(6-8)16-4-5-20-7-11(16)12(15)17/h2-3,6,11H,4-5,7,14H2,1H3,(H2,15,17). The lowest BCUT2D eigenvalue weighted by Gasteiger charge is -2.36. The van der Waals surface area contributed by atoms with E-state index >= 15 is 0 Å². The summed E-state index contributed by atoms with van der Waals surface area (Å²) in [6, 6.07) is 4.18. The molecule has 1 aromatic carbocycles. The van der Waals surface area contributed by atoms with Crippen LogP contribution in [0.25, 0.3) is 0 Å². The number of hydrogen-bond acceptors (Lipinski definition) is 6. The van der Waals surface area contributed by atoms with E-state index in [2.05, 4.69) is 4.74 Å². The summed E-state index contributed by atoms with van der Waals surface area (Å²) in [6.45, 7) is 1.14. The van der Waals surface area contributed by atoms with Crippen molar-refractivity contribution in [2.45, 2.75) is 6.04 Å². The molecule has 0 radical (unpaired) electrons. The topological polar surface area (TPSA) is 108 Å². The van der Waals surface area contributed by atoms with Gasteiger partial charge in [-0.15, -0.1) is 0 Å². The molecule has 0 spiro atoms. The van der Waals surface area contributed by atoms with Gasteiger partial charge in [-0.3, -0.25) is 4.79 Å². The van der Waals surface area contributed by atoms with Crippen molar-refractivity contribution in [1.29, 1.82) is 0 Å². The Bertz CT molecular complexity index is 532. The quantitative estimate of drug-likeness (QED) is 0.583. The number of nitrogen functional groups attached to an aromatic ring is 1. The van der Waals surface area contributed by atoms with E-state index in [1.807, 2.05) is 0 Å². The van der Waals surface area contributed by atoms with Crippen molar-refractivity contribution in [1.82, 2.24) is 0 Å². The van der Waals surface area contributed by atoms with Crippen LogP contribution in [0.2, 0.25) is 0 Å². The Morgan fingerprint density at radius 1 is 1.45 bits per heavy atom. The summed E-state index contributed by atoms with van der Waals surface area (Å²) in [7, 11) is 1.30. The fourth-order valence-electron chi connectivity index (χ4n) is 2.16. The Labute approximate surface area is 116 Å². The van der Waals surface area contributed by atoms with Crippen molar-refractivity contribution >= 4 is 23.3 Å². The van der Waals surface area contributed by atoms with Crippen molar-refractivity contribution in [2.24, 2.45) is 5.73 Å². The van der Waals surface area contributed by atoms with Crippen molar-refractivity contribution in [3.8, 4) is 0 Å². The summed E-state index contributed by atoms with van der Waals surface area (Å²) >= 11 is 0. The van der Waals surface area contributed by atoms with Gasteiger partial charge < -0.3 is 25.8 Å². The Morgan fingerprint density at radius 3 is 2.85 bits per heavy atom. The second-order valence-corrected chi connectivity index (χ2v) is 4.45. The molecule has 1 aromatic rings. The second kappa shape index (κ2) is 5.79. The zero-order valence-corrected chi connectivity index (χ0v) is 11.2. The highest BCUT2D eigenvalue weighted by molar-refractivity contribution is 5.93. The Balaban J connectivity index is 2.39. The minimum atomic E-state index is -0.598. The fraction of sp³-hybridized carbons (Fsp3) is 0.385. The highest BCUT2D eigenvalue weighted by Crippen LogP contribution is 2.28. The molecule has 7 heteroatoms. The smallest absolute Gasteiger partial charge is 0.337 e. The first-order valence-corrected chi connectivity index (χ1v) is 6.16. The molecule has 2 rings (SSSR count). The van der Waals surface area contributed by atoms with Gasteiger partial charge in [-0.1, -0.05) is 0 Å². The van der Waals surface area contributed by atoms with Gasteiger partial charge in [0.1, 0.15) is 6.04 Å². The average Bonchev–Trinajstić information content (AvgIpc) is 2.47. The van der Waals surface area contributed by atoms with Gasteiger partial charge in [0.15, 0.2) is 0 Å². The molecule has 0 bridgehead atoms. The van der Waals surface area contributed by atoms with Crippen LogP contribution in [-0.4, -0.2) is 44.8 Å². The van der Waals surface area contributed by atoms with Crippen molar-refractivity contribution in [3.63, 3.8) is 0 Å². The molecule has 20 heavy (non-hydrogen) atoms. The Kier molecular flexibility index (Phi) is 4.09. The van der Waals surface area contributed by atoms with Crippen LogP contribution < -0.4 is 16.4 Å². The van der Waals surface area contributed by atoms with Crippen LogP contribution in [0.1, 0.15) is 10.4 Å². The Hall–Kier alpha value is -2.28. The van der Waals surface area contributed by atoms with Gasteiger partial charge in [0, 0.05) is 6.54 Å². The highest BCUT2D eigenvalue weighted by atomic mass is 16.5. The number of nitrogens with zero attached hydrogens (tertiary/aromatic N) is 1. The molecular formula is C13H17N3O4. The number of amides is 1. The zero-order valence-electron chi connectivity index (χ0n) is 11.2. The van der Waals surface area contributed by atoms with Crippen molar-refractivity contribution in [2.75, 3.05) is 37.5 Å². The molecule has 0 saturated carbocycles. The third-order valence-electron chi connectivity index (χ3n) is 3.22. The van der Waals surface area contributed by atoms with Crippen LogP contribution in [0.5, 0.6) is 0 Å². The highest BCUT2D eigenvalue weighted by Gasteiger charge is 2.29.